The van der Waals surface area contributed by atoms with Gasteiger partial charge in [0.05, 0.1) is 14.9 Å². The molecule has 6 nitrogen and oxygen atoms in total. The second-order valence-corrected chi connectivity index (χ2v) is 11.5. The van der Waals surface area contributed by atoms with Crippen LogP contribution in [0.3, 0.4) is 0 Å². The van der Waals surface area contributed by atoms with Gasteiger partial charge in [-0.3, -0.25) is 4.31 Å². The highest BCUT2D eigenvalue weighted by molar-refractivity contribution is 7.94. The maximum Gasteiger partial charge on any atom is 0.273 e. The van der Waals surface area contributed by atoms with Crippen molar-refractivity contribution in [2.24, 2.45) is 0 Å². The Labute approximate surface area is 163 Å². The van der Waals surface area contributed by atoms with Gasteiger partial charge in [0.25, 0.3) is 10.0 Å². The summed E-state index contributed by atoms with van der Waals surface area (Å²) in [4.78, 5) is 0.193. The Kier molecular flexibility index (Phi) is 5.38. The molecule has 0 aliphatic carbocycles. The molecule has 1 aromatic carbocycles. The van der Waals surface area contributed by atoms with Gasteiger partial charge in [-0.2, -0.15) is 4.31 Å². The molecule has 142 valence electrons. The summed E-state index contributed by atoms with van der Waals surface area (Å²) < 4.78 is 54.3. The molecular weight excluding hydrogens is 416 g/mol. The van der Waals surface area contributed by atoms with Crippen molar-refractivity contribution in [1.29, 1.82) is 0 Å². The fraction of sp³-hybridized carbons (Fsp3) is 0.375. The number of sulfonamides is 2. The van der Waals surface area contributed by atoms with Crippen LogP contribution in [0.15, 0.2) is 39.4 Å². The van der Waals surface area contributed by atoms with Crippen LogP contribution in [0.25, 0.3) is 0 Å². The van der Waals surface area contributed by atoms with E-state index in [-0.39, 0.29) is 15.6 Å². The number of fused-ring (bicyclic) bond motifs is 1. The maximum absolute atomic E-state index is 12.8. The monoisotopic (exact) mass is 434 g/mol. The van der Waals surface area contributed by atoms with E-state index in [2.05, 4.69) is 0 Å². The molecule has 2 heterocycles. The number of anilines is 1. The third-order valence-electron chi connectivity index (χ3n) is 4.34. The SMILES string of the molecule is CCN(CC)S(=O)(=O)c1ccc2c(c1)CCN2S(=O)(=O)c1ccc(Cl)s1. The van der Waals surface area contributed by atoms with Crippen LogP contribution in [0.1, 0.15) is 19.4 Å². The molecule has 0 saturated heterocycles. The zero-order valence-electron chi connectivity index (χ0n) is 14.3. The Morgan fingerprint density at radius 1 is 1.12 bits per heavy atom. The van der Waals surface area contributed by atoms with Crippen molar-refractivity contribution in [1.82, 2.24) is 4.31 Å². The van der Waals surface area contributed by atoms with E-state index in [1.165, 1.54) is 20.7 Å². The quantitative estimate of drug-likeness (QED) is 0.699. The van der Waals surface area contributed by atoms with E-state index in [0.717, 1.165) is 11.3 Å². The second kappa shape index (κ2) is 7.12. The summed E-state index contributed by atoms with van der Waals surface area (Å²) in [5.41, 5.74) is 1.23. The van der Waals surface area contributed by atoms with Gasteiger partial charge < -0.3 is 0 Å². The lowest BCUT2D eigenvalue weighted by Gasteiger charge is -2.20. The fourth-order valence-electron chi connectivity index (χ4n) is 3.02. The lowest BCUT2D eigenvalue weighted by atomic mass is 10.2. The molecule has 1 aromatic heterocycles. The minimum Gasteiger partial charge on any atom is -0.265 e. The maximum atomic E-state index is 12.8. The molecule has 0 N–H and O–H groups in total. The van der Waals surface area contributed by atoms with Gasteiger partial charge in [-0.25, -0.2) is 16.8 Å². The first-order valence-electron chi connectivity index (χ1n) is 8.13. The van der Waals surface area contributed by atoms with Crippen molar-refractivity contribution in [3.8, 4) is 0 Å². The van der Waals surface area contributed by atoms with Gasteiger partial charge >= 0.3 is 0 Å². The van der Waals surface area contributed by atoms with Crippen LogP contribution in [-0.4, -0.2) is 40.8 Å². The van der Waals surface area contributed by atoms with Gasteiger partial charge in [0.2, 0.25) is 10.0 Å². The molecule has 10 heteroatoms. The Hall–Kier alpha value is -1.13. The number of rotatable bonds is 6. The Bertz CT molecular complexity index is 1030. The first kappa shape index (κ1) is 19.6. The summed E-state index contributed by atoms with van der Waals surface area (Å²) in [6, 6.07) is 7.67. The second-order valence-electron chi connectivity index (χ2n) is 5.77. The molecule has 0 radical (unpaired) electrons. The van der Waals surface area contributed by atoms with Crippen molar-refractivity contribution in [2.45, 2.75) is 29.4 Å². The van der Waals surface area contributed by atoms with Crippen LogP contribution in [0.2, 0.25) is 4.34 Å². The van der Waals surface area contributed by atoms with Gasteiger partial charge in [0.1, 0.15) is 4.21 Å². The molecule has 0 atom stereocenters. The van der Waals surface area contributed by atoms with Crippen LogP contribution in [-0.2, 0) is 26.5 Å². The molecule has 2 aromatic rings. The molecule has 0 spiro atoms. The largest absolute Gasteiger partial charge is 0.273 e. The van der Waals surface area contributed by atoms with Crippen LogP contribution in [0.5, 0.6) is 0 Å². The standard InChI is InChI=1S/C16H19ClN2O4S3/c1-3-18(4-2)25(20,21)13-5-6-14-12(11-13)9-10-19(14)26(22,23)16-8-7-15(17)24-16/h5-8,11H,3-4,9-10H2,1-2H3. The number of nitrogens with zero attached hydrogens (tertiary/aromatic N) is 2. The van der Waals surface area contributed by atoms with Gasteiger partial charge in [-0.1, -0.05) is 25.4 Å². The summed E-state index contributed by atoms with van der Waals surface area (Å²) in [5, 5.41) is 0. The summed E-state index contributed by atoms with van der Waals surface area (Å²) in [5.74, 6) is 0. The fourth-order valence-corrected chi connectivity index (χ4v) is 7.63. The highest BCUT2D eigenvalue weighted by Crippen LogP contribution is 2.37. The zero-order chi connectivity index (χ0) is 19.1. The predicted molar refractivity (Wildman–Crippen MR) is 104 cm³/mol. The first-order valence-corrected chi connectivity index (χ1v) is 12.2. The molecular formula is C16H19ClN2O4S3. The van der Waals surface area contributed by atoms with Crippen molar-refractivity contribution >= 4 is 48.7 Å². The number of benzene rings is 1. The summed E-state index contributed by atoms with van der Waals surface area (Å²) >= 11 is 6.87. The van der Waals surface area contributed by atoms with Gasteiger partial charge in [-0.05, 0) is 42.3 Å². The molecule has 0 unspecified atom stereocenters. The molecule has 0 amide bonds. The Balaban J connectivity index is 1.99. The molecule has 0 fully saturated rings. The Morgan fingerprint density at radius 2 is 1.81 bits per heavy atom. The highest BCUT2D eigenvalue weighted by atomic mass is 35.5. The first-order chi connectivity index (χ1) is 12.2. The smallest absolute Gasteiger partial charge is 0.265 e. The normalized spacial score (nSPS) is 14.8. The highest BCUT2D eigenvalue weighted by Gasteiger charge is 2.33. The molecule has 26 heavy (non-hydrogen) atoms. The van der Waals surface area contributed by atoms with Gasteiger partial charge in [-0.15, -0.1) is 11.3 Å². The van der Waals surface area contributed by atoms with Crippen LogP contribution in [0, 0.1) is 0 Å². The lowest BCUT2D eigenvalue weighted by molar-refractivity contribution is 0.445. The van der Waals surface area contributed by atoms with E-state index in [1.807, 2.05) is 0 Å². The number of thiophene rings is 1. The van der Waals surface area contributed by atoms with E-state index in [1.54, 1.807) is 32.0 Å². The average Bonchev–Trinajstić information content (AvgIpc) is 3.21. The van der Waals surface area contributed by atoms with Crippen molar-refractivity contribution in [3.63, 3.8) is 0 Å². The molecule has 1 aliphatic rings. The third kappa shape index (κ3) is 3.27. The Morgan fingerprint density at radius 3 is 2.38 bits per heavy atom. The summed E-state index contributed by atoms with van der Waals surface area (Å²) in [6.45, 7) is 4.62. The van der Waals surface area contributed by atoms with E-state index in [9.17, 15) is 16.8 Å². The minimum absolute atomic E-state index is 0.176. The molecule has 0 bridgehead atoms. The van der Waals surface area contributed by atoms with E-state index >= 15 is 0 Å². The topological polar surface area (TPSA) is 74.8 Å². The average molecular weight is 435 g/mol. The van der Waals surface area contributed by atoms with Crippen molar-refractivity contribution < 1.29 is 16.8 Å². The van der Waals surface area contributed by atoms with Crippen molar-refractivity contribution in [2.75, 3.05) is 23.9 Å². The van der Waals surface area contributed by atoms with Gasteiger partial charge in [0, 0.05) is 19.6 Å². The molecule has 1 aliphatic heterocycles. The minimum atomic E-state index is -3.70. The van der Waals surface area contributed by atoms with E-state index in [4.69, 9.17) is 11.6 Å². The summed E-state index contributed by atoms with van der Waals surface area (Å²) in [7, 11) is -7.27. The zero-order valence-corrected chi connectivity index (χ0v) is 17.6. The number of hydrogen-bond donors (Lipinski definition) is 0. The lowest BCUT2D eigenvalue weighted by Crippen LogP contribution is -2.30. The number of hydrogen-bond acceptors (Lipinski definition) is 5. The summed E-state index contributed by atoms with van der Waals surface area (Å²) in [6.07, 6.45) is 0.468. The molecule has 0 saturated carbocycles. The van der Waals surface area contributed by atoms with Crippen LogP contribution in [0.4, 0.5) is 5.69 Å². The molecule has 3 rings (SSSR count). The third-order valence-corrected chi connectivity index (χ3v) is 9.90. The van der Waals surface area contributed by atoms with E-state index < -0.39 is 20.0 Å². The number of halogens is 1. The van der Waals surface area contributed by atoms with E-state index in [0.29, 0.717) is 35.1 Å². The van der Waals surface area contributed by atoms with Crippen LogP contribution >= 0.6 is 22.9 Å². The predicted octanol–water partition coefficient (Wildman–Crippen LogP) is 3.18. The van der Waals surface area contributed by atoms with Gasteiger partial charge in [0.15, 0.2) is 0 Å². The van der Waals surface area contributed by atoms with Crippen molar-refractivity contribution in [3.05, 3.63) is 40.2 Å². The van der Waals surface area contributed by atoms with Crippen LogP contribution < -0.4 is 4.31 Å².